The summed E-state index contributed by atoms with van der Waals surface area (Å²) in [6, 6.07) is -0.799. The molecule has 0 saturated heterocycles. The first-order valence-electron chi connectivity index (χ1n) is 24.3. The van der Waals surface area contributed by atoms with Gasteiger partial charge in [0.1, 0.15) is 13.2 Å². The Morgan fingerprint density at radius 1 is 0.600 bits per heavy atom. The van der Waals surface area contributed by atoms with Crippen molar-refractivity contribution in [2.24, 2.45) is 0 Å². The second-order valence-corrected chi connectivity index (χ2v) is 18.8. The molecule has 3 unspecified atom stereocenters. The summed E-state index contributed by atoms with van der Waals surface area (Å²) >= 11 is 0. The summed E-state index contributed by atoms with van der Waals surface area (Å²) in [5.74, 6) is -0.176. The van der Waals surface area contributed by atoms with Gasteiger partial charge in [0.15, 0.2) is 0 Å². The largest absolute Gasteiger partial charge is 0.756 e. The lowest BCUT2D eigenvalue weighted by molar-refractivity contribution is -0.870. The summed E-state index contributed by atoms with van der Waals surface area (Å²) in [6.45, 7) is 4.50. The summed E-state index contributed by atoms with van der Waals surface area (Å²) in [5.41, 5.74) is 0. The number of allylic oxidation sites excluding steroid dienone is 12. The predicted octanol–water partition coefficient (Wildman–Crippen LogP) is 13.3. The Balaban J connectivity index is 3.89. The zero-order valence-corrected chi connectivity index (χ0v) is 40.3. The molecule has 0 aliphatic carbocycles. The standard InChI is InChI=1S/C51H93N2O6P/c1-6-8-10-12-13-14-15-16-17-18-19-20-21-22-23-24-25-26-27-28-29-30-31-32-33-34-35-36-37-38-39-41-43-45-51(55)52-49(50(54)44-42-40-11-9-7-2)48-59-60(56,57)58-47-46-53(3,4)5/h8,10,13-14,16-17,19-20,22-23,25-26,49-50,54H,6-7,9,11-12,15,18,21,24,27-48H2,1-5H3,(H-,52,55,56,57)/b10-8-,14-13-,17-16-,20-19-,23-22-,26-25-. The van der Waals surface area contributed by atoms with Crippen LogP contribution in [0.25, 0.3) is 0 Å². The van der Waals surface area contributed by atoms with Crippen LogP contribution in [0.3, 0.4) is 0 Å². The Morgan fingerprint density at radius 3 is 1.48 bits per heavy atom. The number of hydrogen-bond acceptors (Lipinski definition) is 6. The van der Waals surface area contributed by atoms with Gasteiger partial charge >= 0.3 is 0 Å². The maximum atomic E-state index is 12.8. The van der Waals surface area contributed by atoms with Crippen molar-refractivity contribution in [3.63, 3.8) is 0 Å². The first kappa shape index (κ1) is 57.9. The van der Waals surface area contributed by atoms with Crippen LogP contribution in [0.4, 0.5) is 0 Å². The van der Waals surface area contributed by atoms with Gasteiger partial charge in [0.05, 0.1) is 39.9 Å². The minimum Gasteiger partial charge on any atom is -0.756 e. The highest BCUT2D eigenvalue weighted by molar-refractivity contribution is 7.45. The quantitative estimate of drug-likeness (QED) is 0.0274. The first-order chi connectivity index (χ1) is 29.0. The number of nitrogens with zero attached hydrogens (tertiary/aromatic N) is 1. The fourth-order valence-corrected chi connectivity index (χ4v) is 7.35. The number of carbonyl (C=O) groups excluding carboxylic acids is 1. The van der Waals surface area contributed by atoms with Crippen molar-refractivity contribution in [2.75, 3.05) is 40.9 Å². The van der Waals surface area contributed by atoms with Gasteiger partial charge in [0.2, 0.25) is 5.91 Å². The van der Waals surface area contributed by atoms with Crippen LogP contribution in [-0.4, -0.2) is 68.5 Å². The second-order valence-electron chi connectivity index (χ2n) is 17.4. The van der Waals surface area contributed by atoms with Gasteiger partial charge in [-0.15, -0.1) is 0 Å². The Morgan fingerprint density at radius 2 is 1.02 bits per heavy atom. The highest BCUT2D eigenvalue weighted by atomic mass is 31.2. The van der Waals surface area contributed by atoms with Crippen LogP contribution in [0.5, 0.6) is 0 Å². The van der Waals surface area contributed by atoms with E-state index in [1.54, 1.807) is 0 Å². The molecule has 0 aromatic rings. The monoisotopic (exact) mass is 861 g/mol. The van der Waals surface area contributed by atoms with Crippen molar-refractivity contribution >= 4 is 13.7 Å². The number of phosphoric acid groups is 1. The SMILES string of the molecule is CC/C=C\C/C=C\C/C=C\C/C=C\C/C=C\C/C=C\CCCCCCCCCCCCCCCCC(=O)NC(COP(=O)([O-])OCC[N+](C)(C)C)C(O)CCCCCCC. The van der Waals surface area contributed by atoms with E-state index in [4.69, 9.17) is 9.05 Å². The average Bonchev–Trinajstić information content (AvgIpc) is 3.20. The van der Waals surface area contributed by atoms with E-state index in [0.29, 0.717) is 23.9 Å². The van der Waals surface area contributed by atoms with Crippen LogP contribution in [-0.2, 0) is 18.4 Å². The first-order valence-corrected chi connectivity index (χ1v) is 25.7. The van der Waals surface area contributed by atoms with Crippen LogP contribution in [0.15, 0.2) is 72.9 Å². The van der Waals surface area contributed by atoms with E-state index in [1.165, 1.54) is 77.0 Å². The van der Waals surface area contributed by atoms with Crippen molar-refractivity contribution in [3.05, 3.63) is 72.9 Å². The van der Waals surface area contributed by atoms with Crippen molar-refractivity contribution in [3.8, 4) is 0 Å². The second kappa shape index (κ2) is 42.3. The molecule has 0 aromatic carbocycles. The molecule has 0 saturated carbocycles. The number of unbranched alkanes of at least 4 members (excludes halogenated alkanes) is 18. The van der Waals surface area contributed by atoms with Crippen molar-refractivity contribution in [2.45, 2.75) is 206 Å². The normalized spacial score (nSPS) is 14.8. The molecule has 2 N–H and O–H groups in total. The molecule has 0 aliphatic rings. The Kier molecular flexibility index (Phi) is 40.8. The molecule has 0 aromatic heterocycles. The Hall–Kier alpha value is -2.06. The molecule has 0 bridgehead atoms. The molecule has 1 amide bonds. The van der Waals surface area contributed by atoms with Crippen molar-refractivity contribution in [1.82, 2.24) is 5.32 Å². The van der Waals surface area contributed by atoms with E-state index in [-0.39, 0.29) is 19.1 Å². The summed E-state index contributed by atoms with van der Waals surface area (Å²) in [7, 11) is 1.29. The molecule has 0 aliphatic heterocycles. The number of rotatable bonds is 43. The number of aliphatic hydroxyl groups excluding tert-OH is 1. The minimum absolute atomic E-state index is 0.00895. The van der Waals surface area contributed by atoms with Gasteiger partial charge < -0.3 is 28.8 Å². The molecule has 0 spiro atoms. The molecule has 3 atom stereocenters. The predicted molar refractivity (Wildman–Crippen MR) is 256 cm³/mol. The Labute approximate surface area is 370 Å². The lowest BCUT2D eigenvalue weighted by atomic mass is 10.0. The number of quaternary nitrogens is 1. The zero-order valence-electron chi connectivity index (χ0n) is 39.4. The molecule has 348 valence electrons. The number of nitrogens with one attached hydrogen (secondary N) is 1. The van der Waals surface area contributed by atoms with Crippen LogP contribution in [0, 0.1) is 0 Å². The van der Waals surface area contributed by atoms with Gasteiger partial charge in [-0.3, -0.25) is 9.36 Å². The highest BCUT2D eigenvalue weighted by Crippen LogP contribution is 2.38. The lowest BCUT2D eigenvalue weighted by Gasteiger charge is -2.30. The van der Waals surface area contributed by atoms with Gasteiger partial charge in [0, 0.05) is 6.42 Å². The third-order valence-electron chi connectivity index (χ3n) is 10.5. The molecule has 8 nitrogen and oxygen atoms in total. The third kappa shape index (κ3) is 44.0. The van der Waals surface area contributed by atoms with Crippen LogP contribution < -0.4 is 10.2 Å². The highest BCUT2D eigenvalue weighted by Gasteiger charge is 2.24. The zero-order chi connectivity index (χ0) is 44.3. The Bertz CT molecular complexity index is 1200. The summed E-state index contributed by atoms with van der Waals surface area (Å²) in [4.78, 5) is 25.1. The molecule has 0 heterocycles. The number of phosphoric ester groups is 1. The third-order valence-corrected chi connectivity index (χ3v) is 11.4. The fourth-order valence-electron chi connectivity index (χ4n) is 6.63. The summed E-state index contributed by atoms with van der Waals surface area (Å²) in [5, 5.41) is 13.7. The van der Waals surface area contributed by atoms with E-state index >= 15 is 0 Å². The molecule has 60 heavy (non-hydrogen) atoms. The van der Waals surface area contributed by atoms with Gasteiger partial charge in [-0.1, -0.05) is 196 Å². The van der Waals surface area contributed by atoms with Crippen LogP contribution in [0.1, 0.15) is 194 Å². The number of hydrogen-bond donors (Lipinski definition) is 2. The van der Waals surface area contributed by atoms with Gasteiger partial charge in [-0.05, 0) is 64.2 Å². The van der Waals surface area contributed by atoms with Gasteiger partial charge in [-0.25, -0.2) is 0 Å². The minimum atomic E-state index is -4.55. The maximum Gasteiger partial charge on any atom is 0.268 e. The summed E-state index contributed by atoms with van der Waals surface area (Å²) in [6.07, 6.45) is 56.9. The topological polar surface area (TPSA) is 108 Å². The lowest BCUT2D eigenvalue weighted by Crippen LogP contribution is -2.46. The van der Waals surface area contributed by atoms with Gasteiger partial charge in [0.25, 0.3) is 7.82 Å². The number of carbonyl (C=O) groups is 1. The van der Waals surface area contributed by atoms with Crippen LogP contribution in [0.2, 0.25) is 0 Å². The summed E-state index contributed by atoms with van der Waals surface area (Å²) < 4.78 is 23.1. The maximum absolute atomic E-state index is 12.8. The molecule has 0 rings (SSSR count). The number of amides is 1. The van der Waals surface area contributed by atoms with E-state index < -0.39 is 20.0 Å². The van der Waals surface area contributed by atoms with E-state index in [1.807, 2.05) is 21.1 Å². The van der Waals surface area contributed by atoms with Crippen LogP contribution >= 0.6 is 7.82 Å². The molecule has 9 heteroatoms. The van der Waals surface area contributed by atoms with E-state index in [2.05, 4.69) is 92.1 Å². The van der Waals surface area contributed by atoms with Crippen molar-refractivity contribution in [1.29, 1.82) is 0 Å². The van der Waals surface area contributed by atoms with Crippen molar-refractivity contribution < 1.29 is 32.9 Å². The average molecular weight is 861 g/mol. The molecule has 0 radical (unpaired) electrons. The number of aliphatic hydroxyl groups is 1. The van der Waals surface area contributed by atoms with Gasteiger partial charge in [-0.2, -0.15) is 0 Å². The number of likely N-dealkylation sites (N-methyl/N-ethyl adjacent to an activating group) is 1. The molecular formula is C51H93N2O6P. The smallest absolute Gasteiger partial charge is 0.268 e. The molecule has 0 fully saturated rings. The fraction of sp³-hybridized carbons (Fsp3) is 0.745. The van der Waals surface area contributed by atoms with E-state index in [0.717, 1.165) is 89.9 Å². The molecular weight excluding hydrogens is 768 g/mol. The van der Waals surface area contributed by atoms with E-state index in [9.17, 15) is 19.4 Å².